The molecule has 3 aromatic rings. The number of ether oxygens (including phenoxy) is 2. The van der Waals surface area contributed by atoms with Gasteiger partial charge in [0.2, 0.25) is 5.88 Å². The highest BCUT2D eigenvalue weighted by molar-refractivity contribution is 5.68. The second-order valence-electron chi connectivity index (χ2n) is 10.6. The summed E-state index contributed by atoms with van der Waals surface area (Å²) in [6.07, 6.45) is 9.83. The predicted octanol–water partition coefficient (Wildman–Crippen LogP) is 3.69. The fourth-order valence-electron chi connectivity index (χ4n) is 5.21. The number of aromatic nitrogens is 5. The molecule has 0 radical (unpaired) electrons. The fourth-order valence-corrected chi connectivity index (χ4v) is 5.21. The molecule has 3 aromatic heterocycles. The Balaban J connectivity index is 1.32. The van der Waals surface area contributed by atoms with E-state index in [9.17, 15) is 4.79 Å². The van der Waals surface area contributed by atoms with Gasteiger partial charge in [0.1, 0.15) is 16.7 Å². The van der Waals surface area contributed by atoms with Crippen molar-refractivity contribution >= 4 is 11.6 Å². The van der Waals surface area contributed by atoms with E-state index in [4.69, 9.17) is 14.5 Å². The van der Waals surface area contributed by atoms with Gasteiger partial charge in [-0.1, -0.05) is 0 Å². The number of carbonyl (C=O) groups excluding carboxylic acids is 1. The summed E-state index contributed by atoms with van der Waals surface area (Å²) in [6.45, 7) is 9.26. The van der Waals surface area contributed by atoms with Crippen LogP contribution in [0.15, 0.2) is 30.9 Å². The molecule has 9 nitrogen and oxygen atoms in total. The summed E-state index contributed by atoms with van der Waals surface area (Å²) in [4.78, 5) is 19.1. The zero-order valence-corrected chi connectivity index (χ0v) is 19.3. The molecule has 0 atom stereocenters. The minimum atomic E-state index is -0.481. The third kappa shape index (κ3) is 3.80. The molecule has 0 N–H and O–H groups in total. The van der Waals surface area contributed by atoms with Crippen LogP contribution in [0.2, 0.25) is 0 Å². The third-order valence-corrected chi connectivity index (χ3v) is 6.29. The molecular formula is C23H30N6O3. The lowest BCUT2D eigenvalue weighted by atomic mass is 9.59. The monoisotopic (exact) mass is 438 g/mol. The van der Waals surface area contributed by atoms with Crippen LogP contribution >= 0.6 is 0 Å². The zero-order valence-electron chi connectivity index (χ0n) is 19.3. The van der Waals surface area contributed by atoms with Crippen molar-refractivity contribution in [1.29, 1.82) is 0 Å². The molecule has 4 heterocycles. The molecule has 1 aliphatic carbocycles. The molecular weight excluding hydrogens is 408 g/mol. The van der Waals surface area contributed by atoms with Gasteiger partial charge in [-0.3, -0.25) is 4.68 Å². The van der Waals surface area contributed by atoms with E-state index in [1.54, 1.807) is 21.6 Å². The van der Waals surface area contributed by atoms with Crippen molar-refractivity contribution in [3.8, 4) is 17.1 Å². The van der Waals surface area contributed by atoms with Crippen LogP contribution in [-0.4, -0.2) is 59.7 Å². The number of hydrogen-bond donors (Lipinski definition) is 0. The van der Waals surface area contributed by atoms with Crippen LogP contribution in [-0.2, 0) is 11.8 Å². The van der Waals surface area contributed by atoms with E-state index in [-0.39, 0.29) is 17.1 Å². The summed E-state index contributed by atoms with van der Waals surface area (Å²) in [5.74, 6) is 0.572. The Morgan fingerprint density at radius 1 is 1.19 bits per heavy atom. The molecule has 1 amide bonds. The Bertz CT molecular complexity index is 1170. The highest BCUT2D eigenvalue weighted by Gasteiger charge is 2.57. The molecule has 170 valence electrons. The lowest BCUT2D eigenvalue weighted by Gasteiger charge is -2.52. The number of carbonyl (C=O) groups is 1. The lowest BCUT2D eigenvalue weighted by Crippen LogP contribution is -2.55. The molecule has 0 aromatic carbocycles. The molecule has 2 aliphatic rings. The first-order valence-corrected chi connectivity index (χ1v) is 11.0. The summed E-state index contributed by atoms with van der Waals surface area (Å²) in [5, 5.41) is 8.63. The number of likely N-dealkylation sites (tertiary alicyclic amines) is 1. The molecule has 1 aliphatic heterocycles. The minimum Gasteiger partial charge on any atom is -0.470 e. The zero-order chi connectivity index (χ0) is 22.7. The topological polar surface area (TPSA) is 86.8 Å². The van der Waals surface area contributed by atoms with Crippen molar-refractivity contribution in [3.63, 3.8) is 0 Å². The Hall–Kier alpha value is -3.10. The van der Waals surface area contributed by atoms with Crippen LogP contribution in [0.3, 0.4) is 0 Å². The van der Waals surface area contributed by atoms with E-state index in [0.717, 1.165) is 42.6 Å². The smallest absolute Gasteiger partial charge is 0.410 e. The Morgan fingerprint density at radius 3 is 2.66 bits per heavy atom. The van der Waals surface area contributed by atoms with Crippen LogP contribution in [0.4, 0.5) is 4.79 Å². The number of nitrogens with zero attached hydrogens (tertiary/aromatic N) is 6. The molecule has 1 saturated heterocycles. The van der Waals surface area contributed by atoms with Gasteiger partial charge in [0, 0.05) is 31.9 Å². The largest absolute Gasteiger partial charge is 0.470 e. The Kier molecular flexibility index (Phi) is 4.51. The summed E-state index contributed by atoms with van der Waals surface area (Å²) in [5.41, 5.74) is 1.78. The van der Waals surface area contributed by atoms with Crippen LogP contribution in [0.25, 0.3) is 16.8 Å². The van der Waals surface area contributed by atoms with E-state index in [1.165, 1.54) is 0 Å². The average Bonchev–Trinajstić information content (AvgIpc) is 3.39. The standard InChI is InChI=1S/C23H30N6O3/c1-21(2,3)32-20(30)28-9-7-23(15-28)13-22(4,14-23)31-19-18-6-8-24-29(18)12-17(26-19)16-10-25-27(5)11-16/h6,8,10-12H,7,9,13-15H2,1-5H3. The van der Waals surface area contributed by atoms with Gasteiger partial charge in [0.15, 0.2) is 0 Å². The SMILES string of the molecule is Cn1cc(-c2cn3nccc3c(OC3(C)CC4(CCN(C(=O)OC(C)(C)C)C4)C3)n2)cn1. The molecule has 9 heteroatoms. The number of fused-ring (bicyclic) bond motifs is 1. The van der Waals surface area contributed by atoms with Crippen molar-refractivity contribution in [1.82, 2.24) is 29.3 Å². The highest BCUT2D eigenvalue weighted by atomic mass is 16.6. The number of amides is 1. The summed E-state index contributed by atoms with van der Waals surface area (Å²) in [7, 11) is 1.88. The first-order chi connectivity index (χ1) is 15.0. The van der Waals surface area contributed by atoms with Gasteiger partial charge in [0.05, 0.1) is 24.3 Å². The molecule has 5 rings (SSSR count). The van der Waals surface area contributed by atoms with Crippen LogP contribution in [0.5, 0.6) is 5.88 Å². The van der Waals surface area contributed by atoms with Gasteiger partial charge < -0.3 is 14.4 Å². The van der Waals surface area contributed by atoms with Crippen LogP contribution in [0.1, 0.15) is 47.0 Å². The minimum absolute atomic E-state index is 0.0865. The summed E-state index contributed by atoms with van der Waals surface area (Å²) >= 11 is 0. The molecule has 0 unspecified atom stereocenters. The van der Waals surface area contributed by atoms with E-state index >= 15 is 0 Å². The van der Waals surface area contributed by atoms with Crippen molar-refractivity contribution in [3.05, 3.63) is 30.9 Å². The first kappa shape index (κ1) is 20.8. The lowest BCUT2D eigenvalue weighted by molar-refractivity contribution is -0.0914. The second kappa shape index (κ2) is 6.95. The quantitative estimate of drug-likeness (QED) is 0.620. The van der Waals surface area contributed by atoms with Gasteiger partial charge in [-0.05, 0) is 58.4 Å². The Labute approximate surface area is 187 Å². The fraction of sp³-hybridized carbons (Fsp3) is 0.565. The number of aryl methyl sites for hydroxylation is 1. The van der Waals surface area contributed by atoms with Crippen molar-refractivity contribution in [2.24, 2.45) is 12.5 Å². The average molecular weight is 439 g/mol. The van der Waals surface area contributed by atoms with E-state index in [0.29, 0.717) is 12.4 Å². The maximum absolute atomic E-state index is 12.5. The predicted molar refractivity (Wildman–Crippen MR) is 118 cm³/mol. The number of hydrogen-bond acceptors (Lipinski definition) is 6. The maximum atomic E-state index is 12.5. The maximum Gasteiger partial charge on any atom is 0.410 e. The number of rotatable bonds is 3. The summed E-state index contributed by atoms with van der Waals surface area (Å²) in [6, 6.07) is 1.91. The van der Waals surface area contributed by atoms with Crippen LogP contribution in [0, 0.1) is 5.41 Å². The van der Waals surface area contributed by atoms with Crippen molar-refractivity contribution in [2.45, 2.75) is 58.2 Å². The Morgan fingerprint density at radius 2 is 1.97 bits per heavy atom. The van der Waals surface area contributed by atoms with Crippen molar-refractivity contribution in [2.75, 3.05) is 13.1 Å². The third-order valence-electron chi connectivity index (χ3n) is 6.29. The molecule has 0 bridgehead atoms. The van der Waals surface area contributed by atoms with E-state index < -0.39 is 5.60 Å². The summed E-state index contributed by atoms with van der Waals surface area (Å²) < 4.78 is 15.6. The normalized spacial score (nSPS) is 25.3. The highest BCUT2D eigenvalue weighted by Crippen LogP contribution is 2.55. The van der Waals surface area contributed by atoms with Gasteiger partial charge >= 0.3 is 6.09 Å². The van der Waals surface area contributed by atoms with Gasteiger partial charge in [-0.25, -0.2) is 14.3 Å². The second-order valence-corrected chi connectivity index (χ2v) is 10.6. The molecule has 32 heavy (non-hydrogen) atoms. The van der Waals surface area contributed by atoms with E-state index in [2.05, 4.69) is 17.1 Å². The molecule has 1 spiro atoms. The molecule has 2 fully saturated rings. The van der Waals surface area contributed by atoms with Gasteiger partial charge in [-0.2, -0.15) is 10.2 Å². The van der Waals surface area contributed by atoms with E-state index in [1.807, 2.05) is 51.2 Å². The van der Waals surface area contributed by atoms with Crippen LogP contribution < -0.4 is 4.74 Å². The first-order valence-electron chi connectivity index (χ1n) is 11.0. The van der Waals surface area contributed by atoms with Crippen molar-refractivity contribution < 1.29 is 14.3 Å². The van der Waals surface area contributed by atoms with Gasteiger partial charge in [-0.15, -0.1) is 0 Å². The molecule has 1 saturated carbocycles. The van der Waals surface area contributed by atoms with Gasteiger partial charge in [0.25, 0.3) is 0 Å².